The Kier molecular flexibility index (Phi) is 5.17. The third kappa shape index (κ3) is 2.85. The van der Waals surface area contributed by atoms with Gasteiger partial charge in [0, 0.05) is 19.0 Å². The van der Waals surface area contributed by atoms with E-state index in [9.17, 15) is 9.59 Å². The molecular formula is C14H26N2O2. The summed E-state index contributed by atoms with van der Waals surface area (Å²) in [5, 5.41) is 2.95. The largest absolute Gasteiger partial charge is 0.342 e. The zero-order valence-corrected chi connectivity index (χ0v) is 12.1. The average molecular weight is 254 g/mol. The maximum Gasteiger partial charge on any atom is 0.248 e. The highest BCUT2D eigenvalue weighted by Crippen LogP contribution is 2.24. The standard InChI is InChI=1S/C14H26N2O2/c1-5-8-9-16-11(4)10-12(17)15-14(6-2,7-3)13(16)18/h11H,5-10H2,1-4H3,(H,15,17). The van der Waals surface area contributed by atoms with Gasteiger partial charge in [0.15, 0.2) is 0 Å². The van der Waals surface area contributed by atoms with Gasteiger partial charge in [0.05, 0.1) is 0 Å². The van der Waals surface area contributed by atoms with Crippen molar-refractivity contribution < 1.29 is 9.59 Å². The molecule has 0 aromatic carbocycles. The molecule has 18 heavy (non-hydrogen) atoms. The Labute approximate surface area is 110 Å². The molecule has 0 aromatic rings. The third-order valence-electron chi connectivity index (χ3n) is 4.02. The molecule has 104 valence electrons. The highest BCUT2D eigenvalue weighted by molar-refractivity contribution is 5.93. The molecule has 1 saturated heterocycles. The van der Waals surface area contributed by atoms with Crippen molar-refractivity contribution in [1.29, 1.82) is 0 Å². The van der Waals surface area contributed by atoms with Gasteiger partial charge in [0.2, 0.25) is 11.8 Å². The number of carbonyl (C=O) groups is 2. The zero-order chi connectivity index (χ0) is 13.8. The molecule has 0 bridgehead atoms. The fraction of sp³-hybridized carbons (Fsp3) is 0.857. The minimum atomic E-state index is -0.685. The van der Waals surface area contributed by atoms with E-state index in [-0.39, 0.29) is 17.9 Å². The molecular weight excluding hydrogens is 228 g/mol. The molecule has 1 fully saturated rings. The molecule has 1 aliphatic heterocycles. The summed E-state index contributed by atoms with van der Waals surface area (Å²) < 4.78 is 0. The van der Waals surface area contributed by atoms with Gasteiger partial charge in [-0.3, -0.25) is 9.59 Å². The Morgan fingerprint density at radius 1 is 1.28 bits per heavy atom. The predicted octanol–water partition coefficient (Wildman–Crippen LogP) is 2.08. The lowest BCUT2D eigenvalue weighted by Gasteiger charge is -2.35. The monoisotopic (exact) mass is 254 g/mol. The molecule has 0 saturated carbocycles. The maximum atomic E-state index is 12.7. The zero-order valence-electron chi connectivity index (χ0n) is 12.1. The van der Waals surface area contributed by atoms with Crippen LogP contribution in [0.1, 0.15) is 59.8 Å². The molecule has 1 aliphatic rings. The van der Waals surface area contributed by atoms with Gasteiger partial charge < -0.3 is 10.2 Å². The number of rotatable bonds is 5. The van der Waals surface area contributed by atoms with Crippen LogP contribution in [0.25, 0.3) is 0 Å². The molecule has 4 heteroatoms. The number of nitrogens with zero attached hydrogens (tertiary/aromatic N) is 1. The van der Waals surface area contributed by atoms with Gasteiger partial charge in [-0.05, 0) is 26.2 Å². The van der Waals surface area contributed by atoms with Crippen molar-refractivity contribution in [3.63, 3.8) is 0 Å². The van der Waals surface area contributed by atoms with Crippen molar-refractivity contribution >= 4 is 11.8 Å². The highest BCUT2D eigenvalue weighted by atomic mass is 16.2. The van der Waals surface area contributed by atoms with Crippen LogP contribution in [0.3, 0.4) is 0 Å². The van der Waals surface area contributed by atoms with Crippen LogP contribution in [0, 0.1) is 0 Å². The Bertz CT molecular complexity index is 311. The van der Waals surface area contributed by atoms with E-state index in [1.165, 1.54) is 0 Å². The molecule has 1 heterocycles. The number of hydrogen-bond donors (Lipinski definition) is 1. The van der Waals surface area contributed by atoms with Crippen molar-refractivity contribution in [2.75, 3.05) is 6.54 Å². The minimum Gasteiger partial charge on any atom is -0.342 e. The summed E-state index contributed by atoms with van der Waals surface area (Å²) in [6.07, 6.45) is 3.78. The molecule has 0 aromatic heterocycles. The van der Waals surface area contributed by atoms with E-state index < -0.39 is 5.54 Å². The highest BCUT2D eigenvalue weighted by Gasteiger charge is 2.43. The molecule has 0 spiro atoms. The lowest BCUT2D eigenvalue weighted by molar-refractivity contribution is -0.140. The van der Waals surface area contributed by atoms with E-state index in [1.807, 2.05) is 25.7 Å². The number of hydrogen-bond acceptors (Lipinski definition) is 2. The lowest BCUT2D eigenvalue weighted by atomic mass is 9.91. The second kappa shape index (κ2) is 6.21. The summed E-state index contributed by atoms with van der Waals surface area (Å²) in [6, 6.07) is 0.00373. The second-order valence-electron chi connectivity index (χ2n) is 5.24. The van der Waals surface area contributed by atoms with Gasteiger partial charge in [-0.25, -0.2) is 0 Å². The fourth-order valence-corrected chi connectivity index (χ4v) is 2.60. The van der Waals surface area contributed by atoms with E-state index in [4.69, 9.17) is 0 Å². The molecule has 1 rings (SSSR count). The SMILES string of the molecule is CCCCN1C(=O)C(CC)(CC)NC(=O)CC1C. The minimum absolute atomic E-state index is 0.00134. The first-order valence-electron chi connectivity index (χ1n) is 7.12. The normalized spacial score (nSPS) is 23.8. The van der Waals surface area contributed by atoms with Crippen molar-refractivity contribution in [2.24, 2.45) is 0 Å². The van der Waals surface area contributed by atoms with E-state index in [1.54, 1.807) is 0 Å². The van der Waals surface area contributed by atoms with Crippen LogP contribution in [-0.4, -0.2) is 34.8 Å². The Balaban J connectivity index is 3.01. The van der Waals surface area contributed by atoms with Crippen molar-refractivity contribution in [2.45, 2.75) is 71.4 Å². The first kappa shape index (κ1) is 15.0. The van der Waals surface area contributed by atoms with Crippen LogP contribution in [0.5, 0.6) is 0 Å². The summed E-state index contributed by atoms with van der Waals surface area (Å²) in [5.41, 5.74) is -0.685. The van der Waals surface area contributed by atoms with Crippen molar-refractivity contribution in [3.05, 3.63) is 0 Å². The molecule has 4 nitrogen and oxygen atoms in total. The first-order valence-corrected chi connectivity index (χ1v) is 7.12. The van der Waals surface area contributed by atoms with Crippen LogP contribution in [0.4, 0.5) is 0 Å². The van der Waals surface area contributed by atoms with Gasteiger partial charge in [0.25, 0.3) is 0 Å². The molecule has 1 N–H and O–H groups in total. The van der Waals surface area contributed by atoms with E-state index in [0.717, 1.165) is 19.4 Å². The Morgan fingerprint density at radius 2 is 1.89 bits per heavy atom. The average Bonchev–Trinajstić information content (AvgIpc) is 2.43. The molecule has 1 atom stereocenters. The van der Waals surface area contributed by atoms with E-state index >= 15 is 0 Å². The van der Waals surface area contributed by atoms with Crippen LogP contribution in [0.15, 0.2) is 0 Å². The Hall–Kier alpha value is -1.06. The number of amides is 2. The van der Waals surface area contributed by atoms with Gasteiger partial charge in [0.1, 0.15) is 5.54 Å². The van der Waals surface area contributed by atoms with Crippen molar-refractivity contribution in [1.82, 2.24) is 10.2 Å². The summed E-state index contributed by atoms with van der Waals surface area (Å²) in [7, 11) is 0. The van der Waals surface area contributed by atoms with Gasteiger partial charge >= 0.3 is 0 Å². The number of nitrogens with one attached hydrogen (secondary N) is 1. The van der Waals surface area contributed by atoms with E-state index in [0.29, 0.717) is 19.3 Å². The van der Waals surface area contributed by atoms with Crippen molar-refractivity contribution in [3.8, 4) is 0 Å². The van der Waals surface area contributed by atoms with Crippen LogP contribution in [-0.2, 0) is 9.59 Å². The Morgan fingerprint density at radius 3 is 2.39 bits per heavy atom. The maximum absolute atomic E-state index is 12.7. The molecule has 0 aliphatic carbocycles. The van der Waals surface area contributed by atoms with Gasteiger partial charge in [-0.2, -0.15) is 0 Å². The van der Waals surface area contributed by atoms with Crippen LogP contribution < -0.4 is 5.32 Å². The summed E-state index contributed by atoms with van der Waals surface area (Å²) in [5.74, 6) is 0.0952. The summed E-state index contributed by atoms with van der Waals surface area (Å²) in [4.78, 5) is 26.5. The quantitative estimate of drug-likeness (QED) is 0.816. The van der Waals surface area contributed by atoms with Gasteiger partial charge in [-0.15, -0.1) is 0 Å². The molecule has 2 amide bonds. The van der Waals surface area contributed by atoms with Crippen LogP contribution in [0.2, 0.25) is 0 Å². The van der Waals surface area contributed by atoms with Gasteiger partial charge in [-0.1, -0.05) is 27.2 Å². The third-order valence-corrected chi connectivity index (χ3v) is 4.02. The number of unbranched alkanes of at least 4 members (excludes halogenated alkanes) is 1. The summed E-state index contributed by atoms with van der Waals surface area (Å²) in [6.45, 7) is 8.77. The predicted molar refractivity (Wildman–Crippen MR) is 72.2 cm³/mol. The number of carbonyl (C=O) groups excluding carboxylic acids is 2. The molecule has 0 radical (unpaired) electrons. The van der Waals surface area contributed by atoms with E-state index in [2.05, 4.69) is 12.2 Å². The van der Waals surface area contributed by atoms with Crippen LogP contribution >= 0.6 is 0 Å². The summed E-state index contributed by atoms with van der Waals surface area (Å²) >= 11 is 0. The topological polar surface area (TPSA) is 49.4 Å². The smallest absolute Gasteiger partial charge is 0.248 e. The fourth-order valence-electron chi connectivity index (χ4n) is 2.60. The first-order chi connectivity index (χ1) is 8.50. The lowest BCUT2D eigenvalue weighted by Crippen LogP contribution is -2.57. The second-order valence-corrected chi connectivity index (χ2v) is 5.24. The molecule has 1 unspecified atom stereocenters.